The molecule has 0 aliphatic rings. The van der Waals surface area contributed by atoms with Crippen molar-refractivity contribution in [2.24, 2.45) is 0 Å². The number of hydrogen-bond acceptors (Lipinski definition) is 3. The molecule has 19 heavy (non-hydrogen) atoms. The molecule has 0 unspecified atom stereocenters. The third kappa shape index (κ3) is 5.49. The van der Waals surface area contributed by atoms with Crippen molar-refractivity contribution in [1.82, 2.24) is 10.6 Å². The van der Waals surface area contributed by atoms with Crippen molar-refractivity contribution in [3.05, 3.63) is 28.8 Å². The first-order valence-corrected chi connectivity index (χ1v) is 6.74. The Morgan fingerprint density at radius 3 is 2.79 bits per heavy atom. The number of carbonyl (C=O) groups is 1. The molecule has 0 aliphatic heterocycles. The van der Waals surface area contributed by atoms with E-state index in [1.165, 1.54) is 0 Å². The molecule has 1 rings (SSSR count). The number of nitrogens with one attached hydrogen (secondary N) is 2. The van der Waals surface area contributed by atoms with Crippen LogP contribution < -0.4 is 15.4 Å². The molecule has 0 heterocycles. The minimum atomic E-state index is 0.0497. The van der Waals surface area contributed by atoms with E-state index in [9.17, 15) is 4.79 Å². The van der Waals surface area contributed by atoms with Crippen molar-refractivity contribution in [3.8, 4) is 5.75 Å². The van der Waals surface area contributed by atoms with Crippen LogP contribution in [0.15, 0.2) is 18.2 Å². The summed E-state index contributed by atoms with van der Waals surface area (Å²) < 4.78 is 5.25. The molecule has 0 saturated heterocycles. The molecule has 0 radical (unpaired) electrons. The first kappa shape index (κ1) is 15.8. The van der Waals surface area contributed by atoms with Crippen molar-refractivity contribution in [1.29, 1.82) is 0 Å². The minimum Gasteiger partial charge on any atom is -0.496 e. The summed E-state index contributed by atoms with van der Waals surface area (Å²) in [4.78, 5) is 11.5. The Hall–Kier alpha value is -1.26. The summed E-state index contributed by atoms with van der Waals surface area (Å²) in [5.74, 6) is 0.806. The maximum atomic E-state index is 11.5. The maximum Gasteiger partial charge on any atom is 0.221 e. The minimum absolute atomic E-state index is 0.0497. The highest BCUT2D eigenvalue weighted by molar-refractivity contribution is 6.31. The van der Waals surface area contributed by atoms with Crippen LogP contribution in [0.3, 0.4) is 0 Å². The number of methoxy groups -OCH3 is 1. The summed E-state index contributed by atoms with van der Waals surface area (Å²) in [5.41, 5.74) is 0.913. The molecule has 1 amide bonds. The lowest BCUT2D eigenvalue weighted by Gasteiger charge is -2.12. The Kier molecular flexibility index (Phi) is 6.67. The van der Waals surface area contributed by atoms with Crippen LogP contribution in [0.2, 0.25) is 5.02 Å². The van der Waals surface area contributed by atoms with E-state index in [2.05, 4.69) is 10.6 Å². The van der Waals surface area contributed by atoms with Gasteiger partial charge in [-0.05, 0) is 26.0 Å². The van der Waals surface area contributed by atoms with Crippen molar-refractivity contribution < 1.29 is 9.53 Å². The fourth-order valence-corrected chi connectivity index (χ4v) is 1.94. The van der Waals surface area contributed by atoms with E-state index in [1.807, 2.05) is 32.0 Å². The molecule has 0 saturated carbocycles. The van der Waals surface area contributed by atoms with Gasteiger partial charge in [0.1, 0.15) is 5.75 Å². The monoisotopic (exact) mass is 284 g/mol. The SMILES string of the molecule is COc1cccc(Cl)c1CNCCC(=O)NC(C)C. The lowest BCUT2D eigenvalue weighted by atomic mass is 10.2. The number of carbonyl (C=O) groups excluding carboxylic acids is 1. The first-order chi connectivity index (χ1) is 9.04. The van der Waals surface area contributed by atoms with Crippen LogP contribution in [-0.2, 0) is 11.3 Å². The van der Waals surface area contributed by atoms with Gasteiger partial charge in [-0.3, -0.25) is 4.79 Å². The molecular formula is C14H21ClN2O2. The van der Waals surface area contributed by atoms with E-state index in [1.54, 1.807) is 7.11 Å². The lowest BCUT2D eigenvalue weighted by Crippen LogP contribution is -2.32. The van der Waals surface area contributed by atoms with E-state index >= 15 is 0 Å². The highest BCUT2D eigenvalue weighted by Crippen LogP contribution is 2.25. The van der Waals surface area contributed by atoms with Crippen LogP contribution >= 0.6 is 11.6 Å². The molecule has 1 aromatic carbocycles. The Balaban J connectivity index is 2.39. The lowest BCUT2D eigenvalue weighted by molar-refractivity contribution is -0.121. The number of amides is 1. The second kappa shape index (κ2) is 8.02. The van der Waals surface area contributed by atoms with Gasteiger partial charge in [-0.25, -0.2) is 0 Å². The van der Waals surface area contributed by atoms with E-state index in [0.717, 1.165) is 11.3 Å². The molecule has 0 aromatic heterocycles. The van der Waals surface area contributed by atoms with Crippen LogP contribution in [0, 0.1) is 0 Å². The second-order valence-corrected chi connectivity index (χ2v) is 4.98. The third-order valence-corrected chi connectivity index (χ3v) is 2.93. The largest absolute Gasteiger partial charge is 0.496 e. The number of rotatable bonds is 7. The van der Waals surface area contributed by atoms with Crippen LogP contribution in [-0.4, -0.2) is 25.6 Å². The molecule has 0 bridgehead atoms. The van der Waals surface area contributed by atoms with Gasteiger partial charge >= 0.3 is 0 Å². The van der Waals surface area contributed by atoms with Crippen molar-refractivity contribution in [3.63, 3.8) is 0 Å². The van der Waals surface area contributed by atoms with E-state index < -0.39 is 0 Å². The number of benzene rings is 1. The van der Waals surface area contributed by atoms with Gasteiger partial charge in [-0.2, -0.15) is 0 Å². The van der Waals surface area contributed by atoms with Gasteiger partial charge in [0, 0.05) is 36.1 Å². The standard InChI is InChI=1S/C14H21ClN2O2/c1-10(2)17-14(18)7-8-16-9-11-12(15)5-4-6-13(11)19-3/h4-6,10,16H,7-9H2,1-3H3,(H,17,18). The zero-order valence-electron chi connectivity index (χ0n) is 11.6. The topological polar surface area (TPSA) is 50.4 Å². The summed E-state index contributed by atoms with van der Waals surface area (Å²) in [6.45, 7) is 5.07. The Bertz CT molecular complexity index is 422. The first-order valence-electron chi connectivity index (χ1n) is 6.36. The van der Waals surface area contributed by atoms with Gasteiger partial charge in [0.15, 0.2) is 0 Å². The predicted octanol–water partition coefficient (Wildman–Crippen LogP) is 2.35. The Morgan fingerprint density at radius 2 is 2.16 bits per heavy atom. The molecule has 0 fully saturated rings. The molecule has 2 N–H and O–H groups in total. The number of ether oxygens (including phenoxy) is 1. The van der Waals surface area contributed by atoms with Gasteiger partial charge in [-0.1, -0.05) is 17.7 Å². The molecule has 5 heteroatoms. The summed E-state index contributed by atoms with van der Waals surface area (Å²) in [5, 5.41) is 6.71. The van der Waals surface area contributed by atoms with Crippen LogP contribution in [0.4, 0.5) is 0 Å². The van der Waals surface area contributed by atoms with Crippen molar-refractivity contribution in [2.75, 3.05) is 13.7 Å². The van der Waals surface area contributed by atoms with Gasteiger partial charge in [-0.15, -0.1) is 0 Å². The van der Waals surface area contributed by atoms with Gasteiger partial charge in [0.2, 0.25) is 5.91 Å². The fraction of sp³-hybridized carbons (Fsp3) is 0.500. The average molecular weight is 285 g/mol. The van der Waals surface area contributed by atoms with Gasteiger partial charge in [0.05, 0.1) is 7.11 Å². The predicted molar refractivity (Wildman–Crippen MR) is 77.6 cm³/mol. The Labute approximate surface area is 119 Å². The normalized spacial score (nSPS) is 10.6. The molecule has 4 nitrogen and oxygen atoms in total. The van der Waals surface area contributed by atoms with Crippen molar-refractivity contribution >= 4 is 17.5 Å². The Morgan fingerprint density at radius 1 is 1.42 bits per heavy atom. The van der Waals surface area contributed by atoms with Gasteiger partial charge in [0.25, 0.3) is 0 Å². The highest BCUT2D eigenvalue weighted by atomic mass is 35.5. The molecule has 0 spiro atoms. The third-order valence-electron chi connectivity index (χ3n) is 2.58. The quantitative estimate of drug-likeness (QED) is 0.756. The number of halogens is 1. The highest BCUT2D eigenvalue weighted by Gasteiger charge is 2.07. The van der Waals surface area contributed by atoms with Gasteiger partial charge < -0.3 is 15.4 Å². The molecular weight excluding hydrogens is 264 g/mol. The van der Waals surface area contributed by atoms with Crippen LogP contribution in [0.1, 0.15) is 25.8 Å². The second-order valence-electron chi connectivity index (χ2n) is 4.57. The zero-order valence-corrected chi connectivity index (χ0v) is 12.4. The number of hydrogen-bond donors (Lipinski definition) is 2. The summed E-state index contributed by atoms with van der Waals surface area (Å²) in [7, 11) is 1.62. The summed E-state index contributed by atoms with van der Waals surface area (Å²) in [6, 6.07) is 5.72. The molecule has 0 atom stereocenters. The summed E-state index contributed by atoms with van der Waals surface area (Å²) in [6.07, 6.45) is 0.449. The van der Waals surface area contributed by atoms with Crippen molar-refractivity contribution in [2.45, 2.75) is 32.9 Å². The van der Waals surface area contributed by atoms with E-state index in [0.29, 0.717) is 24.5 Å². The fourth-order valence-electron chi connectivity index (χ4n) is 1.71. The maximum absolute atomic E-state index is 11.5. The zero-order chi connectivity index (χ0) is 14.3. The van der Waals surface area contributed by atoms with E-state index in [-0.39, 0.29) is 11.9 Å². The molecule has 1 aromatic rings. The van der Waals surface area contributed by atoms with Crippen LogP contribution in [0.25, 0.3) is 0 Å². The van der Waals surface area contributed by atoms with Crippen LogP contribution in [0.5, 0.6) is 5.75 Å². The smallest absolute Gasteiger partial charge is 0.221 e. The van der Waals surface area contributed by atoms with E-state index in [4.69, 9.17) is 16.3 Å². The summed E-state index contributed by atoms with van der Waals surface area (Å²) >= 11 is 6.12. The molecule has 0 aliphatic carbocycles. The average Bonchev–Trinajstić information content (AvgIpc) is 2.35. The molecule has 106 valence electrons.